The molecule has 3 N–H and O–H groups in total. The van der Waals surface area contributed by atoms with Crippen LogP contribution >= 0.6 is 15.6 Å². The third-order valence-corrected chi connectivity index (χ3v) is 17.6. The van der Waals surface area contributed by atoms with Crippen molar-refractivity contribution in [2.75, 3.05) is 39.6 Å². The maximum Gasteiger partial charge on any atom is 0.472 e. The van der Waals surface area contributed by atoms with Gasteiger partial charge in [0.05, 0.1) is 26.4 Å². The number of carbonyl (C=O) groups is 4. The number of carbonyl (C=O) groups excluding carboxylic acids is 4. The Morgan fingerprint density at radius 3 is 0.820 bits per heavy atom. The second kappa shape index (κ2) is 64.3. The maximum atomic E-state index is 13.0. The molecule has 0 saturated carbocycles. The molecule has 19 heteroatoms. The molecule has 0 aliphatic carbocycles. The highest BCUT2D eigenvalue weighted by molar-refractivity contribution is 7.47. The summed E-state index contributed by atoms with van der Waals surface area (Å²) in [6, 6.07) is 0. The number of phosphoric ester groups is 2. The molecule has 0 bridgehead atoms. The van der Waals surface area contributed by atoms with E-state index in [-0.39, 0.29) is 25.7 Å². The zero-order chi connectivity index (χ0) is 65.4. The molecule has 0 fully saturated rings. The van der Waals surface area contributed by atoms with Crippen LogP contribution in [0, 0.1) is 0 Å². The van der Waals surface area contributed by atoms with E-state index in [0.717, 1.165) is 103 Å². The van der Waals surface area contributed by atoms with Crippen LogP contribution in [0.25, 0.3) is 0 Å². The van der Waals surface area contributed by atoms with E-state index in [4.69, 9.17) is 37.0 Å². The summed E-state index contributed by atoms with van der Waals surface area (Å²) in [6.45, 7) is 4.86. The number of aliphatic hydroxyl groups is 1. The first-order valence-electron chi connectivity index (χ1n) is 36.1. The van der Waals surface area contributed by atoms with Gasteiger partial charge in [-0.25, -0.2) is 9.13 Å². The normalized spacial score (nSPS) is 14.2. The zero-order valence-electron chi connectivity index (χ0n) is 56.9. The van der Waals surface area contributed by atoms with Crippen molar-refractivity contribution in [2.45, 2.75) is 361 Å². The summed E-state index contributed by atoms with van der Waals surface area (Å²) in [6.07, 6.45) is 54.8. The van der Waals surface area contributed by atoms with E-state index >= 15 is 0 Å². The first kappa shape index (κ1) is 86.5. The number of aliphatic hydroxyl groups excluding tert-OH is 1. The predicted octanol–water partition coefficient (Wildman–Crippen LogP) is 19.8. The van der Waals surface area contributed by atoms with Crippen LogP contribution in [0.4, 0.5) is 0 Å². The first-order valence-corrected chi connectivity index (χ1v) is 39.1. The van der Waals surface area contributed by atoms with Gasteiger partial charge in [0.25, 0.3) is 0 Å². The Morgan fingerprint density at radius 1 is 0.315 bits per heavy atom. The zero-order valence-corrected chi connectivity index (χ0v) is 58.7. The van der Waals surface area contributed by atoms with E-state index in [9.17, 15) is 43.2 Å². The standard InChI is InChI=1S/C70H132O17P2/c1-5-9-13-17-21-25-29-31-33-35-37-41-45-49-53-57-70(75)87-66(61-81-68(73)55-51-47-43-40-36-34-32-30-26-22-18-14-10-6-2)63-85-89(78,79)83-59-64(71)58-82-88(76,77)84-62-65(86-69(74)56-52-48-44-39-28-24-20-16-12-8-4)60-80-67(72)54-50-46-42-38-27-23-19-15-11-7-3/h25,29,31,33,64-66,71H,5-24,26-28,30,32,34-63H2,1-4H3,(H,76,77)(H,78,79)/b29-25-,33-31-/t64-,65+,66+/m0/s1. The molecule has 2 unspecified atom stereocenters. The number of phosphoric acid groups is 2. The van der Waals surface area contributed by atoms with Crippen LogP contribution in [0.1, 0.15) is 342 Å². The highest BCUT2D eigenvalue weighted by atomic mass is 31.2. The number of unbranched alkanes of at least 4 members (excludes halogenated alkanes) is 40. The highest BCUT2D eigenvalue weighted by Gasteiger charge is 2.30. The number of esters is 4. The summed E-state index contributed by atoms with van der Waals surface area (Å²) in [5.41, 5.74) is 0. The second-order valence-corrected chi connectivity index (χ2v) is 27.5. The lowest BCUT2D eigenvalue weighted by Gasteiger charge is -2.21. The van der Waals surface area contributed by atoms with Crippen LogP contribution in [0.2, 0.25) is 0 Å². The number of hydrogen-bond donors (Lipinski definition) is 3. The molecule has 0 rings (SSSR count). The van der Waals surface area contributed by atoms with Gasteiger partial charge in [0.2, 0.25) is 0 Å². The number of rotatable bonds is 69. The van der Waals surface area contributed by atoms with Gasteiger partial charge in [-0.15, -0.1) is 0 Å². The Labute approximate surface area is 542 Å². The van der Waals surface area contributed by atoms with Gasteiger partial charge in [0.1, 0.15) is 19.3 Å². The molecule has 0 saturated heterocycles. The van der Waals surface area contributed by atoms with Gasteiger partial charge >= 0.3 is 39.5 Å². The molecule has 0 aromatic heterocycles. The topological polar surface area (TPSA) is 237 Å². The molecular weight excluding hydrogens is 1170 g/mol. The minimum Gasteiger partial charge on any atom is -0.462 e. The van der Waals surface area contributed by atoms with Crippen LogP contribution in [-0.2, 0) is 65.4 Å². The molecule has 0 heterocycles. The third kappa shape index (κ3) is 64.1. The minimum absolute atomic E-state index is 0.0858. The summed E-state index contributed by atoms with van der Waals surface area (Å²) in [5, 5.41) is 10.6. The molecular formula is C70H132O17P2. The smallest absolute Gasteiger partial charge is 0.462 e. The van der Waals surface area contributed by atoms with Crippen molar-refractivity contribution in [1.82, 2.24) is 0 Å². The lowest BCUT2D eigenvalue weighted by molar-refractivity contribution is -0.161. The van der Waals surface area contributed by atoms with Crippen molar-refractivity contribution >= 4 is 39.5 Å². The monoisotopic (exact) mass is 1310 g/mol. The lowest BCUT2D eigenvalue weighted by atomic mass is 10.0. The van der Waals surface area contributed by atoms with Crippen molar-refractivity contribution in [1.29, 1.82) is 0 Å². The van der Waals surface area contributed by atoms with E-state index in [1.54, 1.807) is 0 Å². The molecule has 0 aliphatic rings. The van der Waals surface area contributed by atoms with Crippen LogP contribution in [-0.4, -0.2) is 96.7 Å². The van der Waals surface area contributed by atoms with Gasteiger partial charge in [-0.2, -0.15) is 0 Å². The van der Waals surface area contributed by atoms with E-state index in [1.165, 1.54) is 161 Å². The quantitative estimate of drug-likeness (QED) is 0.0169. The fourth-order valence-corrected chi connectivity index (χ4v) is 11.7. The highest BCUT2D eigenvalue weighted by Crippen LogP contribution is 2.45. The molecule has 0 amide bonds. The average molecular weight is 1310 g/mol. The van der Waals surface area contributed by atoms with Gasteiger partial charge in [-0.3, -0.25) is 37.3 Å². The Morgan fingerprint density at radius 2 is 0.539 bits per heavy atom. The molecule has 524 valence electrons. The van der Waals surface area contributed by atoms with Crippen molar-refractivity contribution in [2.24, 2.45) is 0 Å². The van der Waals surface area contributed by atoms with Crippen LogP contribution < -0.4 is 0 Å². The van der Waals surface area contributed by atoms with Crippen molar-refractivity contribution in [3.63, 3.8) is 0 Å². The van der Waals surface area contributed by atoms with Gasteiger partial charge in [0.15, 0.2) is 12.2 Å². The summed E-state index contributed by atoms with van der Waals surface area (Å²) in [5.74, 6) is -2.15. The van der Waals surface area contributed by atoms with E-state index < -0.39 is 97.5 Å². The summed E-state index contributed by atoms with van der Waals surface area (Å²) >= 11 is 0. The van der Waals surface area contributed by atoms with E-state index in [2.05, 4.69) is 52.0 Å². The van der Waals surface area contributed by atoms with Crippen LogP contribution in [0.5, 0.6) is 0 Å². The van der Waals surface area contributed by atoms with Crippen LogP contribution in [0.3, 0.4) is 0 Å². The first-order chi connectivity index (χ1) is 43.2. The number of hydrogen-bond acceptors (Lipinski definition) is 15. The second-order valence-electron chi connectivity index (χ2n) is 24.6. The Balaban J connectivity index is 5.27. The van der Waals surface area contributed by atoms with E-state index in [0.29, 0.717) is 25.7 Å². The van der Waals surface area contributed by atoms with Crippen molar-refractivity contribution in [3.05, 3.63) is 24.3 Å². The van der Waals surface area contributed by atoms with Crippen molar-refractivity contribution < 1.29 is 80.2 Å². The summed E-state index contributed by atoms with van der Waals surface area (Å²) in [4.78, 5) is 72.5. The predicted molar refractivity (Wildman–Crippen MR) is 358 cm³/mol. The summed E-state index contributed by atoms with van der Waals surface area (Å²) < 4.78 is 68.2. The lowest BCUT2D eigenvalue weighted by Crippen LogP contribution is -2.30. The van der Waals surface area contributed by atoms with Crippen LogP contribution in [0.15, 0.2) is 24.3 Å². The largest absolute Gasteiger partial charge is 0.472 e. The SMILES string of the molecule is CCCCCC/C=C\C=C/CCCCCCCC(=O)O[C@H](COC(=O)CCCCCCCCCCCCCCCC)COP(=O)(O)OC[C@@H](O)COP(=O)(O)OC[C@@H](COC(=O)CCCCCCCCCCCC)OC(=O)CCCCCCCCCCCC. The number of ether oxygens (including phenoxy) is 4. The molecule has 89 heavy (non-hydrogen) atoms. The van der Waals surface area contributed by atoms with Gasteiger partial charge in [0, 0.05) is 25.7 Å². The van der Waals surface area contributed by atoms with Gasteiger partial charge in [-0.05, 0) is 51.4 Å². The fourth-order valence-electron chi connectivity index (χ4n) is 10.2. The minimum atomic E-state index is -4.96. The van der Waals surface area contributed by atoms with Gasteiger partial charge < -0.3 is 33.8 Å². The molecule has 0 spiro atoms. The fraction of sp³-hybridized carbons (Fsp3) is 0.886. The Kier molecular flexibility index (Phi) is 62.5. The van der Waals surface area contributed by atoms with Gasteiger partial charge in [-0.1, -0.05) is 290 Å². The maximum absolute atomic E-state index is 13.0. The molecule has 0 aliphatic heterocycles. The Hall–Kier alpha value is -2.46. The number of allylic oxidation sites excluding steroid dienone is 4. The third-order valence-electron chi connectivity index (χ3n) is 15.7. The average Bonchev–Trinajstić information content (AvgIpc) is 3.71. The molecule has 5 atom stereocenters. The molecule has 0 aromatic rings. The molecule has 17 nitrogen and oxygen atoms in total. The molecule has 0 radical (unpaired) electrons. The Bertz CT molecular complexity index is 1800. The van der Waals surface area contributed by atoms with E-state index in [1.807, 2.05) is 0 Å². The summed E-state index contributed by atoms with van der Waals surface area (Å²) in [7, 11) is -9.91. The van der Waals surface area contributed by atoms with Crippen molar-refractivity contribution in [3.8, 4) is 0 Å². The molecule has 0 aromatic carbocycles.